The predicted molar refractivity (Wildman–Crippen MR) is 78.6 cm³/mol. The Morgan fingerprint density at radius 3 is 2.56 bits per heavy atom. The summed E-state index contributed by atoms with van der Waals surface area (Å²) in [4.78, 5) is 2.61. The van der Waals surface area contributed by atoms with Crippen LogP contribution in [0.4, 0.5) is 5.69 Å². The highest BCUT2D eigenvalue weighted by Gasteiger charge is 2.34. The summed E-state index contributed by atoms with van der Waals surface area (Å²) in [6, 6.07) is 8.24. The van der Waals surface area contributed by atoms with Crippen LogP contribution in [0.5, 0.6) is 0 Å². The molecule has 0 bridgehead atoms. The molecule has 1 aliphatic heterocycles. The topological polar surface area (TPSA) is 29.3 Å². The summed E-state index contributed by atoms with van der Waals surface area (Å²) < 4.78 is 0. The minimum absolute atomic E-state index is 0.586. The lowest BCUT2D eigenvalue weighted by molar-refractivity contribution is 0.242. The van der Waals surface area contributed by atoms with Gasteiger partial charge in [0.1, 0.15) is 0 Å². The highest BCUT2D eigenvalue weighted by atomic mass is 15.2. The Labute approximate surface area is 111 Å². The van der Waals surface area contributed by atoms with Crippen molar-refractivity contribution in [3.63, 3.8) is 0 Å². The summed E-state index contributed by atoms with van der Waals surface area (Å²) in [6.07, 6.45) is 5.07. The normalized spacial score (nSPS) is 19.2. The highest BCUT2D eigenvalue weighted by Crippen LogP contribution is 2.36. The Morgan fingerprint density at radius 2 is 1.94 bits per heavy atom. The molecule has 1 aromatic rings. The predicted octanol–water partition coefficient (Wildman–Crippen LogP) is 3.32. The van der Waals surface area contributed by atoms with Crippen LogP contribution >= 0.6 is 0 Å². The van der Waals surface area contributed by atoms with Crippen molar-refractivity contribution in [3.05, 3.63) is 29.8 Å². The standard InChI is InChI=1S/C16H26N2/c1-3-16(4-2)10-12-18(13-16)11-9-14-7-5-6-8-15(14)17/h5-8H,3-4,9-13,17H2,1-2H3. The summed E-state index contributed by atoms with van der Waals surface area (Å²) in [5.74, 6) is 0. The largest absolute Gasteiger partial charge is 0.399 e. The molecule has 1 aromatic carbocycles. The molecule has 2 rings (SSSR count). The highest BCUT2D eigenvalue weighted by molar-refractivity contribution is 5.46. The molecule has 0 unspecified atom stereocenters. The molecule has 0 amide bonds. The molecular weight excluding hydrogens is 220 g/mol. The zero-order valence-corrected chi connectivity index (χ0v) is 11.8. The van der Waals surface area contributed by atoms with Crippen LogP contribution in [0.3, 0.4) is 0 Å². The van der Waals surface area contributed by atoms with E-state index in [1.807, 2.05) is 12.1 Å². The molecule has 0 radical (unpaired) electrons. The number of para-hydroxylation sites is 1. The van der Waals surface area contributed by atoms with Crippen LogP contribution in [0.25, 0.3) is 0 Å². The van der Waals surface area contributed by atoms with Crippen molar-refractivity contribution in [1.82, 2.24) is 4.90 Å². The third kappa shape index (κ3) is 2.86. The lowest BCUT2D eigenvalue weighted by atomic mass is 9.82. The van der Waals surface area contributed by atoms with Crippen LogP contribution in [0, 0.1) is 5.41 Å². The summed E-state index contributed by atoms with van der Waals surface area (Å²) in [6.45, 7) is 8.35. The molecule has 2 N–H and O–H groups in total. The molecule has 100 valence electrons. The fourth-order valence-electron chi connectivity index (χ4n) is 3.09. The number of anilines is 1. The number of hydrogen-bond donors (Lipinski definition) is 1. The Hall–Kier alpha value is -1.02. The van der Waals surface area contributed by atoms with Crippen molar-refractivity contribution in [3.8, 4) is 0 Å². The Kier molecular flexibility index (Phi) is 4.28. The van der Waals surface area contributed by atoms with E-state index < -0.39 is 0 Å². The maximum atomic E-state index is 5.99. The zero-order valence-electron chi connectivity index (χ0n) is 11.8. The number of hydrogen-bond acceptors (Lipinski definition) is 2. The van der Waals surface area contributed by atoms with Gasteiger partial charge < -0.3 is 10.6 Å². The summed E-state index contributed by atoms with van der Waals surface area (Å²) in [7, 11) is 0. The number of likely N-dealkylation sites (tertiary alicyclic amines) is 1. The third-order valence-corrected chi connectivity index (χ3v) is 4.77. The van der Waals surface area contributed by atoms with Gasteiger partial charge in [0.2, 0.25) is 0 Å². The molecule has 18 heavy (non-hydrogen) atoms. The number of nitrogen functional groups attached to an aromatic ring is 1. The first-order valence-corrected chi connectivity index (χ1v) is 7.25. The second kappa shape index (κ2) is 5.75. The van der Waals surface area contributed by atoms with E-state index in [0.717, 1.165) is 18.7 Å². The summed E-state index contributed by atoms with van der Waals surface area (Å²) >= 11 is 0. The Bertz CT molecular complexity index is 382. The fraction of sp³-hybridized carbons (Fsp3) is 0.625. The smallest absolute Gasteiger partial charge is 0.0347 e. The van der Waals surface area contributed by atoms with Gasteiger partial charge in [-0.3, -0.25) is 0 Å². The lowest BCUT2D eigenvalue weighted by Crippen LogP contribution is -2.28. The van der Waals surface area contributed by atoms with Crippen LogP contribution in [0.15, 0.2) is 24.3 Å². The van der Waals surface area contributed by atoms with Crippen molar-refractivity contribution in [2.45, 2.75) is 39.5 Å². The first-order valence-electron chi connectivity index (χ1n) is 7.25. The molecule has 1 saturated heterocycles. The van der Waals surface area contributed by atoms with Gasteiger partial charge in [-0.15, -0.1) is 0 Å². The number of benzene rings is 1. The van der Waals surface area contributed by atoms with Gasteiger partial charge in [0.25, 0.3) is 0 Å². The Morgan fingerprint density at radius 1 is 1.22 bits per heavy atom. The van der Waals surface area contributed by atoms with Gasteiger partial charge in [0, 0.05) is 18.8 Å². The Balaban J connectivity index is 1.88. The molecule has 0 aromatic heterocycles. The van der Waals surface area contributed by atoms with E-state index in [2.05, 4.69) is 30.9 Å². The van der Waals surface area contributed by atoms with Gasteiger partial charge >= 0.3 is 0 Å². The molecule has 1 aliphatic rings. The van der Waals surface area contributed by atoms with E-state index >= 15 is 0 Å². The van der Waals surface area contributed by atoms with Crippen LogP contribution in [0.1, 0.15) is 38.7 Å². The van der Waals surface area contributed by atoms with E-state index in [1.54, 1.807) is 0 Å². The first-order chi connectivity index (χ1) is 8.69. The summed E-state index contributed by atoms with van der Waals surface area (Å²) in [5, 5.41) is 0. The van der Waals surface area contributed by atoms with Gasteiger partial charge in [-0.05, 0) is 49.3 Å². The van der Waals surface area contributed by atoms with E-state index in [0.29, 0.717) is 5.41 Å². The summed E-state index contributed by atoms with van der Waals surface area (Å²) in [5.41, 5.74) is 8.81. The third-order valence-electron chi connectivity index (χ3n) is 4.77. The number of rotatable bonds is 5. The lowest BCUT2D eigenvalue weighted by Gasteiger charge is -2.26. The average Bonchev–Trinajstić information content (AvgIpc) is 2.82. The van der Waals surface area contributed by atoms with Crippen molar-refractivity contribution in [2.24, 2.45) is 5.41 Å². The van der Waals surface area contributed by atoms with E-state index in [1.165, 1.54) is 37.9 Å². The van der Waals surface area contributed by atoms with Crippen molar-refractivity contribution in [1.29, 1.82) is 0 Å². The first kappa shape index (κ1) is 13.4. The minimum atomic E-state index is 0.586. The quantitative estimate of drug-likeness (QED) is 0.808. The molecule has 1 heterocycles. The van der Waals surface area contributed by atoms with Crippen molar-refractivity contribution in [2.75, 3.05) is 25.4 Å². The average molecular weight is 246 g/mol. The van der Waals surface area contributed by atoms with Gasteiger partial charge in [-0.2, -0.15) is 0 Å². The van der Waals surface area contributed by atoms with Gasteiger partial charge in [-0.1, -0.05) is 32.0 Å². The maximum absolute atomic E-state index is 5.99. The molecule has 0 saturated carbocycles. The number of nitrogens with zero attached hydrogens (tertiary/aromatic N) is 1. The van der Waals surface area contributed by atoms with E-state index in [-0.39, 0.29) is 0 Å². The second-order valence-electron chi connectivity index (χ2n) is 5.68. The monoisotopic (exact) mass is 246 g/mol. The zero-order chi connectivity index (χ0) is 13.0. The molecule has 0 atom stereocenters. The van der Waals surface area contributed by atoms with E-state index in [9.17, 15) is 0 Å². The van der Waals surface area contributed by atoms with Gasteiger partial charge in [0.05, 0.1) is 0 Å². The minimum Gasteiger partial charge on any atom is -0.399 e. The fourth-order valence-corrected chi connectivity index (χ4v) is 3.09. The molecule has 1 fully saturated rings. The van der Waals surface area contributed by atoms with Crippen molar-refractivity contribution < 1.29 is 0 Å². The number of nitrogens with two attached hydrogens (primary N) is 1. The SMILES string of the molecule is CCC1(CC)CCN(CCc2ccccc2N)C1. The van der Waals surface area contributed by atoms with Gasteiger partial charge in [0.15, 0.2) is 0 Å². The van der Waals surface area contributed by atoms with Crippen LogP contribution in [-0.4, -0.2) is 24.5 Å². The molecular formula is C16H26N2. The van der Waals surface area contributed by atoms with Crippen molar-refractivity contribution >= 4 is 5.69 Å². The van der Waals surface area contributed by atoms with Crippen LogP contribution in [-0.2, 0) is 6.42 Å². The second-order valence-corrected chi connectivity index (χ2v) is 5.68. The molecule has 0 spiro atoms. The molecule has 2 nitrogen and oxygen atoms in total. The van der Waals surface area contributed by atoms with Gasteiger partial charge in [-0.25, -0.2) is 0 Å². The van der Waals surface area contributed by atoms with Crippen LogP contribution in [0.2, 0.25) is 0 Å². The van der Waals surface area contributed by atoms with Crippen LogP contribution < -0.4 is 5.73 Å². The van der Waals surface area contributed by atoms with E-state index in [4.69, 9.17) is 5.73 Å². The molecule has 2 heteroatoms. The molecule has 0 aliphatic carbocycles. The maximum Gasteiger partial charge on any atom is 0.0347 e.